The SMILES string of the molecule is COc1cccc(C(=O)N(CC(=O)O)CC2CC2)c1. The molecule has 1 N–H and O–H groups in total. The zero-order valence-corrected chi connectivity index (χ0v) is 10.8. The van der Waals surface area contributed by atoms with E-state index < -0.39 is 5.97 Å². The van der Waals surface area contributed by atoms with Crippen molar-refractivity contribution >= 4 is 11.9 Å². The smallest absolute Gasteiger partial charge is 0.323 e. The van der Waals surface area contributed by atoms with Crippen molar-refractivity contribution < 1.29 is 19.4 Å². The van der Waals surface area contributed by atoms with Gasteiger partial charge in [0.2, 0.25) is 0 Å². The number of hydrogen-bond donors (Lipinski definition) is 1. The lowest BCUT2D eigenvalue weighted by Crippen LogP contribution is -2.37. The van der Waals surface area contributed by atoms with E-state index in [1.54, 1.807) is 24.3 Å². The summed E-state index contributed by atoms with van der Waals surface area (Å²) in [4.78, 5) is 24.6. The summed E-state index contributed by atoms with van der Waals surface area (Å²) in [6.45, 7) is 0.259. The molecular weight excluding hydrogens is 246 g/mol. The molecule has 1 aromatic carbocycles. The third-order valence-electron chi connectivity index (χ3n) is 3.11. The van der Waals surface area contributed by atoms with E-state index in [-0.39, 0.29) is 12.5 Å². The Morgan fingerprint density at radius 2 is 2.16 bits per heavy atom. The van der Waals surface area contributed by atoms with Crippen molar-refractivity contribution in [2.24, 2.45) is 5.92 Å². The summed E-state index contributed by atoms with van der Waals surface area (Å²) in [7, 11) is 1.53. The van der Waals surface area contributed by atoms with Crippen LogP contribution in [0.2, 0.25) is 0 Å². The second kappa shape index (κ2) is 5.73. The van der Waals surface area contributed by atoms with Crippen molar-refractivity contribution in [1.29, 1.82) is 0 Å². The summed E-state index contributed by atoms with van der Waals surface area (Å²) < 4.78 is 5.07. The van der Waals surface area contributed by atoms with Gasteiger partial charge in [-0.05, 0) is 37.0 Å². The second-order valence-corrected chi connectivity index (χ2v) is 4.75. The first kappa shape index (κ1) is 13.4. The van der Waals surface area contributed by atoms with Crippen molar-refractivity contribution in [2.75, 3.05) is 20.2 Å². The molecule has 0 saturated heterocycles. The number of amides is 1. The molecule has 0 spiro atoms. The van der Waals surface area contributed by atoms with Crippen LogP contribution in [-0.2, 0) is 4.79 Å². The first-order valence-electron chi connectivity index (χ1n) is 6.25. The fourth-order valence-corrected chi connectivity index (χ4v) is 1.93. The molecule has 2 rings (SSSR count). The van der Waals surface area contributed by atoms with Crippen LogP contribution in [0.15, 0.2) is 24.3 Å². The van der Waals surface area contributed by atoms with Gasteiger partial charge in [-0.25, -0.2) is 0 Å². The van der Waals surface area contributed by atoms with E-state index in [0.29, 0.717) is 23.8 Å². The molecule has 0 atom stereocenters. The Morgan fingerprint density at radius 1 is 1.42 bits per heavy atom. The molecule has 5 nitrogen and oxygen atoms in total. The average molecular weight is 263 g/mol. The Bertz CT molecular complexity index is 482. The minimum absolute atomic E-state index is 0.256. The minimum atomic E-state index is -0.989. The Balaban J connectivity index is 2.13. The highest BCUT2D eigenvalue weighted by Gasteiger charge is 2.28. The van der Waals surface area contributed by atoms with Gasteiger partial charge in [0.05, 0.1) is 7.11 Å². The molecule has 1 fully saturated rings. The predicted molar refractivity (Wildman–Crippen MR) is 69.3 cm³/mol. The predicted octanol–water partition coefficient (Wildman–Crippen LogP) is 1.63. The Labute approximate surface area is 111 Å². The maximum Gasteiger partial charge on any atom is 0.323 e. The van der Waals surface area contributed by atoms with Crippen molar-refractivity contribution in [2.45, 2.75) is 12.8 Å². The molecule has 0 bridgehead atoms. The lowest BCUT2D eigenvalue weighted by atomic mass is 10.1. The minimum Gasteiger partial charge on any atom is -0.497 e. The Morgan fingerprint density at radius 3 is 2.74 bits per heavy atom. The molecule has 0 radical (unpaired) electrons. The maximum absolute atomic E-state index is 12.3. The van der Waals surface area contributed by atoms with Gasteiger partial charge in [0.1, 0.15) is 12.3 Å². The van der Waals surface area contributed by atoms with E-state index in [1.165, 1.54) is 12.0 Å². The van der Waals surface area contributed by atoms with Crippen LogP contribution in [0.3, 0.4) is 0 Å². The topological polar surface area (TPSA) is 66.8 Å². The van der Waals surface area contributed by atoms with Crippen LogP contribution in [0.4, 0.5) is 0 Å². The standard InChI is InChI=1S/C14H17NO4/c1-19-12-4-2-3-11(7-12)14(18)15(9-13(16)17)8-10-5-6-10/h2-4,7,10H,5-6,8-9H2,1H3,(H,16,17). The molecule has 19 heavy (non-hydrogen) atoms. The van der Waals surface area contributed by atoms with E-state index in [9.17, 15) is 9.59 Å². The van der Waals surface area contributed by atoms with Gasteiger partial charge in [-0.1, -0.05) is 6.07 Å². The molecule has 1 aromatic rings. The van der Waals surface area contributed by atoms with Gasteiger partial charge >= 0.3 is 5.97 Å². The first-order chi connectivity index (χ1) is 9.10. The molecular formula is C14H17NO4. The second-order valence-electron chi connectivity index (χ2n) is 4.75. The quantitative estimate of drug-likeness (QED) is 0.847. The largest absolute Gasteiger partial charge is 0.497 e. The van der Waals surface area contributed by atoms with Crippen molar-refractivity contribution in [1.82, 2.24) is 4.90 Å². The number of methoxy groups -OCH3 is 1. The summed E-state index contributed by atoms with van der Waals surface area (Å²) in [5, 5.41) is 8.90. The van der Waals surface area contributed by atoms with Crippen LogP contribution in [-0.4, -0.2) is 42.1 Å². The fraction of sp³-hybridized carbons (Fsp3) is 0.429. The lowest BCUT2D eigenvalue weighted by molar-refractivity contribution is -0.137. The highest BCUT2D eigenvalue weighted by Crippen LogP contribution is 2.30. The summed E-state index contributed by atoms with van der Waals surface area (Å²) in [6, 6.07) is 6.78. The maximum atomic E-state index is 12.3. The van der Waals surface area contributed by atoms with Gasteiger partial charge in [0.25, 0.3) is 5.91 Å². The lowest BCUT2D eigenvalue weighted by Gasteiger charge is -2.20. The van der Waals surface area contributed by atoms with Crippen LogP contribution in [0.5, 0.6) is 5.75 Å². The van der Waals surface area contributed by atoms with E-state index in [0.717, 1.165) is 12.8 Å². The normalized spacial score (nSPS) is 13.9. The number of hydrogen-bond acceptors (Lipinski definition) is 3. The zero-order valence-electron chi connectivity index (χ0n) is 10.8. The van der Waals surface area contributed by atoms with Crippen LogP contribution in [0.1, 0.15) is 23.2 Å². The highest BCUT2D eigenvalue weighted by molar-refractivity contribution is 5.96. The summed E-state index contributed by atoms with van der Waals surface area (Å²) >= 11 is 0. The molecule has 1 aliphatic rings. The molecule has 102 valence electrons. The van der Waals surface area contributed by atoms with Gasteiger partial charge in [-0.15, -0.1) is 0 Å². The van der Waals surface area contributed by atoms with Crippen molar-refractivity contribution in [3.05, 3.63) is 29.8 Å². The molecule has 1 amide bonds. The number of carbonyl (C=O) groups excluding carboxylic acids is 1. The fourth-order valence-electron chi connectivity index (χ4n) is 1.93. The number of carbonyl (C=O) groups is 2. The average Bonchev–Trinajstić information content (AvgIpc) is 3.20. The molecule has 0 aliphatic heterocycles. The molecule has 1 saturated carbocycles. The number of carboxylic acids is 1. The Kier molecular flexibility index (Phi) is 4.04. The summed E-state index contributed by atoms with van der Waals surface area (Å²) in [5.74, 6) is -0.202. The third-order valence-corrected chi connectivity index (χ3v) is 3.11. The number of aliphatic carboxylic acids is 1. The summed E-state index contributed by atoms with van der Waals surface area (Å²) in [6.07, 6.45) is 2.14. The van der Waals surface area contributed by atoms with Crippen LogP contribution < -0.4 is 4.74 Å². The zero-order chi connectivity index (χ0) is 13.8. The third kappa shape index (κ3) is 3.71. The van der Waals surface area contributed by atoms with Gasteiger partial charge in [-0.2, -0.15) is 0 Å². The first-order valence-corrected chi connectivity index (χ1v) is 6.25. The molecule has 5 heteroatoms. The van der Waals surface area contributed by atoms with E-state index in [1.807, 2.05) is 0 Å². The van der Waals surface area contributed by atoms with E-state index in [4.69, 9.17) is 9.84 Å². The number of carboxylic acid groups (broad SMARTS) is 1. The molecule has 1 aliphatic carbocycles. The monoisotopic (exact) mass is 263 g/mol. The number of benzene rings is 1. The highest BCUT2D eigenvalue weighted by atomic mass is 16.5. The van der Waals surface area contributed by atoms with Crippen LogP contribution >= 0.6 is 0 Å². The van der Waals surface area contributed by atoms with Gasteiger partial charge in [0, 0.05) is 12.1 Å². The van der Waals surface area contributed by atoms with Crippen LogP contribution in [0.25, 0.3) is 0 Å². The van der Waals surface area contributed by atoms with Gasteiger partial charge < -0.3 is 14.7 Å². The van der Waals surface area contributed by atoms with Crippen molar-refractivity contribution in [3.63, 3.8) is 0 Å². The molecule has 0 heterocycles. The Hall–Kier alpha value is -2.04. The van der Waals surface area contributed by atoms with E-state index in [2.05, 4.69) is 0 Å². The van der Waals surface area contributed by atoms with E-state index >= 15 is 0 Å². The number of ether oxygens (including phenoxy) is 1. The number of rotatable bonds is 6. The molecule has 0 aromatic heterocycles. The summed E-state index contributed by atoms with van der Waals surface area (Å²) in [5.41, 5.74) is 0.459. The molecule has 0 unspecified atom stereocenters. The van der Waals surface area contributed by atoms with Crippen LogP contribution in [0, 0.1) is 5.92 Å². The number of nitrogens with zero attached hydrogens (tertiary/aromatic N) is 1. The van der Waals surface area contributed by atoms with Gasteiger partial charge in [-0.3, -0.25) is 9.59 Å². The van der Waals surface area contributed by atoms with Gasteiger partial charge in [0.15, 0.2) is 0 Å². The van der Waals surface area contributed by atoms with Crippen molar-refractivity contribution in [3.8, 4) is 5.75 Å².